The molecule has 5 heteroatoms. The van der Waals surface area contributed by atoms with Crippen LogP contribution in [0.3, 0.4) is 0 Å². The molecule has 0 bridgehead atoms. The van der Waals surface area contributed by atoms with Crippen LogP contribution < -0.4 is 5.32 Å². The quantitative estimate of drug-likeness (QED) is 0.666. The Bertz CT molecular complexity index is 582. The summed E-state index contributed by atoms with van der Waals surface area (Å²) in [5.74, 6) is -0.311. The summed E-state index contributed by atoms with van der Waals surface area (Å²) < 4.78 is 12.8. The lowest BCUT2D eigenvalue weighted by atomic mass is 10.0. The molecule has 2 aromatic rings. The van der Waals surface area contributed by atoms with Gasteiger partial charge in [-0.2, -0.15) is 0 Å². The van der Waals surface area contributed by atoms with E-state index >= 15 is 0 Å². The summed E-state index contributed by atoms with van der Waals surface area (Å²) >= 11 is 0. The predicted octanol–water partition coefficient (Wildman–Crippen LogP) is 3.44. The van der Waals surface area contributed by atoms with Crippen LogP contribution in [-0.4, -0.2) is 12.0 Å². The molecule has 0 aliphatic carbocycles. The summed E-state index contributed by atoms with van der Waals surface area (Å²) in [5, 5.41) is 13.6. The summed E-state index contributed by atoms with van der Waals surface area (Å²) in [6, 6.07) is 10.7. The van der Waals surface area contributed by atoms with E-state index in [2.05, 4.69) is 5.32 Å². The van der Waals surface area contributed by atoms with Crippen LogP contribution in [0.1, 0.15) is 0 Å². The second kappa shape index (κ2) is 4.83. The largest absolute Gasteiger partial charge is 0.383 e. The van der Waals surface area contributed by atoms with Gasteiger partial charge in [0.1, 0.15) is 11.5 Å². The molecule has 0 aromatic heterocycles. The van der Waals surface area contributed by atoms with Crippen molar-refractivity contribution < 1.29 is 9.31 Å². The number of hydrogen-bond donors (Lipinski definition) is 1. The average molecular weight is 246 g/mol. The number of nitro groups is 1. The van der Waals surface area contributed by atoms with Crippen molar-refractivity contribution in [2.45, 2.75) is 0 Å². The number of nitro benzene ring substituents is 1. The average Bonchev–Trinajstić information content (AvgIpc) is 2.38. The Labute approximate surface area is 103 Å². The maximum absolute atomic E-state index is 12.8. The van der Waals surface area contributed by atoms with Gasteiger partial charge in [-0.05, 0) is 35.4 Å². The van der Waals surface area contributed by atoms with Crippen LogP contribution in [0, 0.1) is 15.9 Å². The molecule has 0 atom stereocenters. The Balaban J connectivity index is 2.47. The van der Waals surface area contributed by atoms with Crippen molar-refractivity contribution in [3.05, 3.63) is 58.4 Å². The summed E-state index contributed by atoms with van der Waals surface area (Å²) in [7, 11) is 1.62. The molecule has 2 rings (SSSR count). The van der Waals surface area contributed by atoms with Crippen LogP contribution in [0.25, 0.3) is 11.1 Å². The third-order valence-corrected chi connectivity index (χ3v) is 2.64. The normalized spacial score (nSPS) is 10.1. The monoisotopic (exact) mass is 246 g/mol. The zero-order valence-corrected chi connectivity index (χ0v) is 9.68. The zero-order valence-electron chi connectivity index (χ0n) is 9.68. The number of benzene rings is 2. The molecule has 0 fully saturated rings. The highest BCUT2D eigenvalue weighted by molar-refractivity contribution is 5.73. The Morgan fingerprint density at radius 3 is 2.28 bits per heavy atom. The van der Waals surface area contributed by atoms with E-state index in [0.29, 0.717) is 5.69 Å². The van der Waals surface area contributed by atoms with E-state index in [1.165, 1.54) is 18.2 Å². The maximum Gasteiger partial charge on any atom is 0.292 e. The molecule has 4 nitrogen and oxygen atoms in total. The topological polar surface area (TPSA) is 55.2 Å². The lowest BCUT2D eigenvalue weighted by Crippen LogP contribution is -1.96. The fourth-order valence-corrected chi connectivity index (χ4v) is 1.72. The Morgan fingerprint density at radius 2 is 1.72 bits per heavy atom. The van der Waals surface area contributed by atoms with Gasteiger partial charge in [-0.3, -0.25) is 10.1 Å². The van der Waals surface area contributed by atoms with Gasteiger partial charge in [0, 0.05) is 13.1 Å². The molecule has 0 heterocycles. The Hall–Kier alpha value is -2.43. The van der Waals surface area contributed by atoms with Crippen LogP contribution in [0.5, 0.6) is 0 Å². The SMILES string of the molecule is CNc1cc(-c2ccc(F)cc2)ccc1[N+](=O)[O-]. The van der Waals surface area contributed by atoms with E-state index in [4.69, 9.17) is 0 Å². The summed E-state index contributed by atoms with van der Waals surface area (Å²) in [4.78, 5) is 10.3. The van der Waals surface area contributed by atoms with Crippen molar-refractivity contribution in [2.24, 2.45) is 0 Å². The first-order valence-electron chi connectivity index (χ1n) is 5.34. The van der Waals surface area contributed by atoms with E-state index in [9.17, 15) is 14.5 Å². The number of hydrogen-bond acceptors (Lipinski definition) is 3. The smallest absolute Gasteiger partial charge is 0.292 e. The Kier molecular flexibility index (Phi) is 3.23. The van der Waals surface area contributed by atoms with Crippen LogP contribution in [0.4, 0.5) is 15.8 Å². The summed E-state index contributed by atoms with van der Waals surface area (Å²) in [6.45, 7) is 0. The van der Waals surface area contributed by atoms with Gasteiger partial charge in [0.15, 0.2) is 0 Å². The van der Waals surface area contributed by atoms with Gasteiger partial charge < -0.3 is 5.32 Å². The van der Waals surface area contributed by atoms with E-state index in [1.54, 1.807) is 31.3 Å². The molecule has 0 unspecified atom stereocenters. The predicted molar refractivity (Wildman–Crippen MR) is 68.0 cm³/mol. The number of nitrogens with zero attached hydrogens (tertiary/aromatic N) is 1. The number of rotatable bonds is 3. The molecule has 0 radical (unpaired) electrons. The molecule has 0 aliphatic heterocycles. The van der Waals surface area contributed by atoms with Gasteiger partial charge >= 0.3 is 0 Å². The maximum atomic E-state index is 12.8. The molecule has 18 heavy (non-hydrogen) atoms. The lowest BCUT2D eigenvalue weighted by Gasteiger charge is -2.06. The van der Waals surface area contributed by atoms with Gasteiger partial charge in [-0.25, -0.2) is 4.39 Å². The van der Waals surface area contributed by atoms with Crippen molar-refractivity contribution in [3.63, 3.8) is 0 Å². The van der Waals surface area contributed by atoms with Crippen molar-refractivity contribution >= 4 is 11.4 Å². The molecule has 0 amide bonds. The molecular weight excluding hydrogens is 235 g/mol. The van der Waals surface area contributed by atoms with Crippen LogP contribution in [0.2, 0.25) is 0 Å². The Morgan fingerprint density at radius 1 is 1.11 bits per heavy atom. The molecule has 0 saturated heterocycles. The molecule has 1 N–H and O–H groups in total. The van der Waals surface area contributed by atoms with Gasteiger partial charge in [0.25, 0.3) is 5.69 Å². The minimum absolute atomic E-state index is 0.0170. The molecule has 0 spiro atoms. The minimum Gasteiger partial charge on any atom is -0.383 e. The molecule has 0 aliphatic rings. The fraction of sp³-hybridized carbons (Fsp3) is 0.0769. The zero-order chi connectivity index (χ0) is 13.1. The first kappa shape index (κ1) is 12.0. The second-order valence-corrected chi connectivity index (χ2v) is 3.75. The van der Waals surface area contributed by atoms with E-state index in [0.717, 1.165) is 11.1 Å². The van der Waals surface area contributed by atoms with E-state index in [-0.39, 0.29) is 11.5 Å². The van der Waals surface area contributed by atoms with E-state index < -0.39 is 4.92 Å². The fourth-order valence-electron chi connectivity index (χ4n) is 1.72. The highest BCUT2D eigenvalue weighted by Gasteiger charge is 2.13. The second-order valence-electron chi connectivity index (χ2n) is 3.75. The van der Waals surface area contributed by atoms with Gasteiger partial charge in [-0.15, -0.1) is 0 Å². The summed E-state index contributed by atoms with van der Waals surface area (Å²) in [5.41, 5.74) is 2.05. The molecule has 2 aromatic carbocycles. The third-order valence-electron chi connectivity index (χ3n) is 2.64. The highest BCUT2D eigenvalue weighted by atomic mass is 19.1. The standard InChI is InChI=1S/C13H11FN2O2/c1-15-12-8-10(4-7-13(12)16(17)18)9-2-5-11(14)6-3-9/h2-8,15H,1H3. The molecule has 92 valence electrons. The minimum atomic E-state index is -0.444. The number of halogens is 1. The summed E-state index contributed by atoms with van der Waals surface area (Å²) in [6.07, 6.45) is 0. The van der Waals surface area contributed by atoms with Crippen LogP contribution in [0.15, 0.2) is 42.5 Å². The molecular formula is C13H11FN2O2. The van der Waals surface area contributed by atoms with Gasteiger partial charge in [0.05, 0.1) is 4.92 Å². The number of nitrogens with one attached hydrogen (secondary N) is 1. The first-order chi connectivity index (χ1) is 8.61. The van der Waals surface area contributed by atoms with Gasteiger partial charge in [-0.1, -0.05) is 12.1 Å². The lowest BCUT2D eigenvalue weighted by molar-refractivity contribution is -0.383. The van der Waals surface area contributed by atoms with Crippen molar-refractivity contribution in [3.8, 4) is 11.1 Å². The van der Waals surface area contributed by atoms with Crippen molar-refractivity contribution in [2.75, 3.05) is 12.4 Å². The van der Waals surface area contributed by atoms with E-state index in [1.807, 2.05) is 0 Å². The molecule has 0 saturated carbocycles. The van der Waals surface area contributed by atoms with Crippen LogP contribution in [-0.2, 0) is 0 Å². The first-order valence-corrected chi connectivity index (χ1v) is 5.34. The van der Waals surface area contributed by atoms with Gasteiger partial charge in [0.2, 0.25) is 0 Å². The third kappa shape index (κ3) is 2.29. The van der Waals surface area contributed by atoms with Crippen LogP contribution >= 0.6 is 0 Å². The highest BCUT2D eigenvalue weighted by Crippen LogP contribution is 2.30. The van der Waals surface area contributed by atoms with Crippen molar-refractivity contribution in [1.82, 2.24) is 0 Å². The van der Waals surface area contributed by atoms with Crippen molar-refractivity contribution in [1.29, 1.82) is 0 Å². The number of anilines is 1.